The Morgan fingerprint density at radius 3 is 2.56 bits per heavy atom. The highest BCUT2D eigenvalue weighted by Crippen LogP contribution is 2.42. The minimum Gasteiger partial charge on any atom is -0.493 e. The van der Waals surface area contributed by atoms with Crippen molar-refractivity contribution >= 4 is 5.96 Å². The Labute approximate surface area is 193 Å². The summed E-state index contributed by atoms with van der Waals surface area (Å²) in [6, 6.07) is 6.41. The summed E-state index contributed by atoms with van der Waals surface area (Å²) in [7, 11) is 6.98. The van der Waals surface area contributed by atoms with Gasteiger partial charge in [0, 0.05) is 45.1 Å². The van der Waals surface area contributed by atoms with Crippen molar-refractivity contribution in [2.24, 2.45) is 10.9 Å². The van der Waals surface area contributed by atoms with Crippen LogP contribution in [0.2, 0.25) is 0 Å². The maximum Gasteiger partial charge on any atom is 0.193 e. The Hall–Kier alpha value is -1.99. The van der Waals surface area contributed by atoms with Gasteiger partial charge in [0.1, 0.15) is 0 Å². The lowest BCUT2D eigenvalue weighted by atomic mass is 9.69. The summed E-state index contributed by atoms with van der Waals surface area (Å²) in [6.45, 7) is 4.97. The Balaban J connectivity index is 1.65. The fourth-order valence-electron chi connectivity index (χ4n) is 5.10. The number of aliphatic imine (C=N–C) groups is 1. The standard InChI is InChI=1S/C25H41N3O4/c1-26-24(28-13-10-20(17-28)18-32-15-14-29-2)27-19-25(11-6-5-7-12-25)21-8-9-22(30-3)23(16-21)31-4/h8-9,16,20H,5-7,10-15,17-19H2,1-4H3,(H,26,27). The van der Waals surface area contributed by atoms with E-state index in [1.165, 1.54) is 37.7 Å². The first kappa shape index (κ1) is 24.6. The lowest BCUT2D eigenvalue weighted by Gasteiger charge is -2.39. The van der Waals surface area contributed by atoms with Gasteiger partial charge in [0.25, 0.3) is 0 Å². The van der Waals surface area contributed by atoms with Crippen molar-refractivity contribution < 1.29 is 18.9 Å². The van der Waals surface area contributed by atoms with Gasteiger partial charge in [-0.15, -0.1) is 0 Å². The molecule has 1 saturated heterocycles. The van der Waals surface area contributed by atoms with Crippen molar-refractivity contribution in [3.05, 3.63) is 23.8 Å². The predicted molar refractivity (Wildman–Crippen MR) is 128 cm³/mol. The molecule has 3 rings (SSSR count). The fourth-order valence-corrected chi connectivity index (χ4v) is 5.10. The highest BCUT2D eigenvalue weighted by Gasteiger charge is 2.35. The lowest BCUT2D eigenvalue weighted by Crippen LogP contribution is -2.47. The van der Waals surface area contributed by atoms with Crippen molar-refractivity contribution in [1.29, 1.82) is 0 Å². The molecule has 32 heavy (non-hydrogen) atoms. The number of benzene rings is 1. The van der Waals surface area contributed by atoms with Gasteiger partial charge in [-0.25, -0.2) is 0 Å². The molecule has 0 bridgehead atoms. The molecule has 0 amide bonds. The van der Waals surface area contributed by atoms with Gasteiger partial charge in [0.15, 0.2) is 17.5 Å². The highest BCUT2D eigenvalue weighted by atomic mass is 16.5. The monoisotopic (exact) mass is 447 g/mol. The molecule has 1 aromatic rings. The SMILES string of the molecule is CN=C(NCC1(c2ccc(OC)c(OC)c2)CCCCC1)N1CCC(COCCOC)C1. The lowest BCUT2D eigenvalue weighted by molar-refractivity contribution is 0.0536. The molecule has 180 valence electrons. The Morgan fingerprint density at radius 2 is 1.88 bits per heavy atom. The van der Waals surface area contributed by atoms with Crippen LogP contribution in [0.25, 0.3) is 0 Å². The Kier molecular flexibility index (Phi) is 9.48. The summed E-state index contributed by atoms with van der Waals surface area (Å²) in [6.07, 6.45) is 7.28. The van der Waals surface area contributed by atoms with Gasteiger partial charge in [-0.1, -0.05) is 25.3 Å². The molecule has 1 unspecified atom stereocenters. The highest BCUT2D eigenvalue weighted by molar-refractivity contribution is 5.80. The Bertz CT molecular complexity index is 734. The summed E-state index contributed by atoms with van der Waals surface area (Å²) in [5.74, 6) is 3.12. The van der Waals surface area contributed by atoms with Gasteiger partial charge in [0.05, 0.1) is 34.0 Å². The van der Waals surface area contributed by atoms with Crippen LogP contribution in [0.4, 0.5) is 0 Å². The molecular formula is C25H41N3O4. The normalized spacial score (nSPS) is 20.9. The summed E-state index contributed by atoms with van der Waals surface area (Å²) < 4.78 is 21.9. The topological polar surface area (TPSA) is 64.6 Å². The van der Waals surface area contributed by atoms with Gasteiger partial charge in [-0.2, -0.15) is 0 Å². The zero-order valence-corrected chi connectivity index (χ0v) is 20.3. The van der Waals surface area contributed by atoms with E-state index in [2.05, 4.69) is 27.3 Å². The number of methoxy groups -OCH3 is 3. The molecule has 0 spiro atoms. The molecule has 2 aliphatic rings. The zero-order valence-electron chi connectivity index (χ0n) is 20.3. The average Bonchev–Trinajstić information content (AvgIpc) is 3.31. The van der Waals surface area contributed by atoms with Gasteiger partial charge >= 0.3 is 0 Å². The van der Waals surface area contributed by atoms with E-state index in [9.17, 15) is 0 Å². The van der Waals surface area contributed by atoms with Crippen LogP contribution in [0.3, 0.4) is 0 Å². The number of nitrogens with one attached hydrogen (secondary N) is 1. The molecule has 1 N–H and O–H groups in total. The second kappa shape index (κ2) is 12.3. The number of guanidine groups is 1. The maximum atomic E-state index is 5.76. The zero-order chi connectivity index (χ0) is 22.8. The number of rotatable bonds is 10. The number of nitrogens with zero attached hydrogens (tertiary/aromatic N) is 2. The molecule has 1 aliphatic heterocycles. The minimum absolute atomic E-state index is 0.0795. The number of likely N-dealkylation sites (tertiary alicyclic amines) is 1. The summed E-state index contributed by atoms with van der Waals surface area (Å²) >= 11 is 0. The van der Waals surface area contributed by atoms with E-state index in [1.807, 2.05) is 13.1 Å². The second-order valence-corrected chi connectivity index (χ2v) is 8.98. The van der Waals surface area contributed by atoms with E-state index in [1.54, 1.807) is 21.3 Å². The van der Waals surface area contributed by atoms with Crippen molar-refractivity contribution in [2.75, 3.05) is 67.8 Å². The molecule has 2 fully saturated rings. The molecule has 0 aromatic heterocycles. The van der Waals surface area contributed by atoms with E-state index >= 15 is 0 Å². The largest absolute Gasteiger partial charge is 0.493 e. The van der Waals surface area contributed by atoms with Crippen LogP contribution in [0.5, 0.6) is 11.5 Å². The first-order valence-corrected chi connectivity index (χ1v) is 11.9. The molecule has 7 nitrogen and oxygen atoms in total. The van der Waals surface area contributed by atoms with Crippen LogP contribution < -0.4 is 14.8 Å². The molecule has 7 heteroatoms. The molecular weight excluding hydrogens is 406 g/mol. The molecule has 1 saturated carbocycles. The van der Waals surface area contributed by atoms with Crippen molar-refractivity contribution in [2.45, 2.75) is 43.9 Å². The summed E-state index contributed by atoms with van der Waals surface area (Å²) in [5, 5.41) is 3.73. The van der Waals surface area contributed by atoms with E-state index in [-0.39, 0.29) is 5.41 Å². The molecule has 1 atom stereocenters. The third-order valence-corrected chi connectivity index (χ3v) is 6.97. The van der Waals surface area contributed by atoms with Gasteiger partial charge < -0.3 is 29.2 Å². The molecule has 0 radical (unpaired) electrons. The maximum absolute atomic E-state index is 5.76. The summed E-state index contributed by atoms with van der Waals surface area (Å²) in [5.41, 5.74) is 1.40. The van der Waals surface area contributed by atoms with Gasteiger partial charge in [0.2, 0.25) is 0 Å². The van der Waals surface area contributed by atoms with Crippen LogP contribution in [0.1, 0.15) is 44.1 Å². The van der Waals surface area contributed by atoms with Crippen LogP contribution in [0, 0.1) is 5.92 Å². The van der Waals surface area contributed by atoms with Gasteiger partial charge in [-0.05, 0) is 37.0 Å². The third kappa shape index (κ3) is 6.07. The first-order valence-electron chi connectivity index (χ1n) is 11.9. The number of hydrogen-bond acceptors (Lipinski definition) is 5. The fraction of sp³-hybridized carbons (Fsp3) is 0.720. The molecule has 1 heterocycles. The summed E-state index contributed by atoms with van der Waals surface area (Å²) in [4.78, 5) is 6.98. The average molecular weight is 448 g/mol. The van der Waals surface area contributed by atoms with E-state index in [0.717, 1.165) is 50.1 Å². The van der Waals surface area contributed by atoms with Crippen LogP contribution in [-0.2, 0) is 14.9 Å². The van der Waals surface area contributed by atoms with Crippen LogP contribution in [0.15, 0.2) is 23.2 Å². The van der Waals surface area contributed by atoms with Crippen molar-refractivity contribution in [3.8, 4) is 11.5 Å². The minimum atomic E-state index is 0.0795. The smallest absolute Gasteiger partial charge is 0.193 e. The first-order chi connectivity index (χ1) is 15.7. The third-order valence-electron chi connectivity index (χ3n) is 6.97. The van der Waals surface area contributed by atoms with Crippen molar-refractivity contribution in [1.82, 2.24) is 10.2 Å². The number of ether oxygens (including phenoxy) is 4. The second-order valence-electron chi connectivity index (χ2n) is 8.98. The van der Waals surface area contributed by atoms with Gasteiger partial charge in [-0.3, -0.25) is 4.99 Å². The Morgan fingerprint density at radius 1 is 1.09 bits per heavy atom. The quantitative estimate of drug-likeness (QED) is 0.337. The number of hydrogen-bond donors (Lipinski definition) is 1. The van der Waals surface area contributed by atoms with E-state index < -0.39 is 0 Å². The van der Waals surface area contributed by atoms with Crippen LogP contribution in [-0.4, -0.2) is 78.7 Å². The molecule has 1 aliphatic carbocycles. The van der Waals surface area contributed by atoms with Crippen molar-refractivity contribution in [3.63, 3.8) is 0 Å². The molecule has 1 aromatic carbocycles. The predicted octanol–water partition coefficient (Wildman–Crippen LogP) is 3.47. The van der Waals surface area contributed by atoms with E-state index in [0.29, 0.717) is 19.1 Å². The van der Waals surface area contributed by atoms with E-state index in [4.69, 9.17) is 18.9 Å². The van der Waals surface area contributed by atoms with Crippen LogP contribution >= 0.6 is 0 Å².